The number of carboxylic acid groups (broad SMARTS) is 2. The maximum atomic E-state index is 13.4. The summed E-state index contributed by atoms with van der Waals surface area (Å²) in [5.74, 6) is -3.53. The molecule has 0 spiro atoms. The number of benzene rings is 3. The number of nitrogens with one attached hydrogen (secondary N) is 1. The average molecular weight is 545 g/mol. The minimum atomic E-state index is -1.05. The highest BCUT2D eigenvalue weighted by atomic mass is 32.1. The lowest BCUT2D eigenvalue weighted by Crippen LogP contribution is -2.31. The van der Waals surface area contributed by atoms with Crippen molar-refractivity contribution in [2.24, 2.45) is 11.8 Å². The number of hydrogen-bond donors (Lipinski definition) is 3. The summed E-state index contributed by atoms with van der Waals surface area (Å²) < 4.78 is 5.71. The van der Waals surface area contributed by atoms with Crippen LogP contribution in [0, 0.1) is 11.8 Å². The Morgan fingerprint density at radius 2 is 1.49 bits per heavy atom. The molecule has 0 aliphatic rings. The Kier molecular flexibility index (Phi) is 9.42. The van der Waals surface area contributed by atoms with E-state index in [1.165, 1.54) is 0 Å². The van der Waals surface area contributed by atoms with E-state index in [0.29, 0.717) is 17.9 Å². The molecule has 0 saturated carbocycles. The van der Waals surface area contributed by atoms with Gasteiger partial charge in [0.2, 0.25) is 5.91 Å². The lowest BCUT2D eigenvalue weighted by Gasteiger charge is -2.21. The highest BCUT2D eigenvalue weighted by molar-refractivity contribution is 7.13. The summed E-state index contributed by atoms with van der Waals surface area (Å²) in [7, 11) is 0. The number of rotatable bonds is 13. The van der Waals surface area contributed by atoms with Gasteiger partial charge in [-0.15, -0.1) is 11.3 Å². The monoisotopic (exact) mass is 544 g/mol. The van der Waals surface area contributed by atoms with Gasteiger partial charge < -0.3 is 20.3 Å². The second-order valence-electron chi connectivity index (χ2n) is 9.06. The van der Waals surface area contributed by atoms with Gasteiger partial charge in [0.25, 0.3) is 0 Å². The number of ether oxygens (including phenoxy) is 1. The van der Waals surface area contributed by atoms with Crippen molar-refractivity contribution in [2.75, 3.05) is 11.9 Å². The van der Waals surface area contributed by atoms with Crippen LogP contribution < -0.4 is 10.1 Å². The first-order valence-electron chi connectivity index (χ1n) is 12.4. The molecule has 1 aromatic heterocycles. The fourth-order valence-electron chi connectivity index (χ4n) is 4.14. The van der Waals surface area contributed by atoms with Crippen molar-refractivity contribution in [3.8, 4) is 16.9 Å². The molecule has 1 unspecified atom stereocenters. The molecule has 0 aliphatic heterocycles. The molecule has 0 aliphatic carbocycles. The zero-order chi connectivity index (χ0) is 27.6. The van der Waals surface area contributed by atoms with E-state index in [1.807, 2.05) is 60.7 Å². The lowest BCUT2D eigenvalue weighted by atomic mass is 9.88. The third-order valence-electron chi connectivity index (χ3n) is 6.14. The van der Waals surface area contributed by atoms with E-state index in [9.17, 15) is 19.5 Å². The Bertz CT molecular complexity index is 1390. The third-order valence-corrected chi connectivity index (χ3v) is 6.95. The summed E-state index contributed by atoms with van der Waals surface area (Å²) in [5.41, 5.74) is 3.33. The van der Waals surface area contributed by atoms with Gasteiger partial charge >= 0.3 is 11.9 Å². The molecule has 4 aromatic rings. The summed E-state index contributed by atoms with van der Waals surface area (Å²) in [6.45, 7) is -0.0872. The van der Waals surface area contributed by atoms with Crippen LogP contribution in [0.5, 0.6) is 5.75 Å². The number of carboxylic acids is 2. The summed E-state index contributed by atoms with van der Waals surface area (Å²) in [5, 5.41) is 23.5. The summed E-state index contributed by atoms with van der Waals surface area (Å²) in [4.78, 5) is 40.7. The normalized spacial score (nSPS) is 12.3. The van der Waals surface area contributed by atoms with Crippen molar-refractivity contribution in [2.45, 2.75) is 19.3 Å². The molecule has 4 rings (SSSR count). The molecule has 3 aromatic carbocycles. The molecule has 200 valence electrons. The van der Waals surface area contributed by atoms with Crippen molar-refractivity contribution in [3.63, 3.8) is 0 Å². The van der Waals surface area contributed by atoms with Crippen molar-refractivity contribution in [1.82, 2.24) is 4.98 Å². The molecule has 2 atom stereocenters. The van der Waals surface area contributed by atoms with Gasteiger partial charge in [-0.25, -0.2) is 4.98 Å². The van der Waals surface area contributed by atoms with Crippen LogP contribution in [0.3, 0.4) is 0 Å². The molecule has 3 N–H and O–H groups in total. The molecule has 9 heteroatoms. The molecule has 39 heavy (non-hydrogen) atoms. The van der Waals surface area contributed by atoms with E-state index < -0.39 is 23.8 Å². The number of carbonyl (C=O) groups excluding carboxylic acids is 1. The van der Waals surface area contributed by atoms with Gasteiger partial charge in [-0.1, -0.05) is 72.8 Å². The molecular weight excluding hydrogens is 516 g/mol. The van der Waals surface area contributed by atoms with Gasteiger partial charge in [-0.05, 0) is 41.7 Å². The molecule has 0 radical (unpaired) electrons. The van der Waals surface area contributed by atoms with Crippen LogP contribution in [0.4, 0.5) is 5.13 Å². The smallest absolute Gasteiger partial charge is 0.309 e. The van der Waals surface area contributed by atoms with Gasteiger partial charge in [-0.3, -0.25) is 14.4 Å². The second-order valence-corrected chi connectivity index (χ2v) is 9.92. The van der Waals surface area contributed by atoms with E-state index in [4.69, 9.17) is 9.84 Å². The Labute approximate surface area is 229 Å². The molecule has 0 bridgehead atoms. The van der Waals surface area contributed by atoms with E-state index in [1.54, 1.807) is 29.6 Å². The van der Waals surface area contributed by atoms with Crippen LogP contribution in [-0.4, -0.2) is 39.6 Å². The summed E-state index contributed by atoms with van der Waals surface area (Å²) in [6.07, 6.45) is 0.104. The largest absolute Gasteiger partial charge is 0.493 e. The predicted molar refractivity (Wildman–Crippen MR) is 149 cm³/mol. The maximum absolute atomic E-state index is 13.4. The molecule has 0 saturated heterocycles. The third kappa shape index (κ3) is 8.24. The predicted octanol–water partition coefficient (Wildman–Crippen LogP) is 5.40. The average Bonchev–Trinajstić information content (AvgIpc) is 3.37. The van der Waals surface area contributed by atoms with Gasteiger partial charge in [0.15, 0.2) is 5.13 Å². The second kappa shape index (κ2) is 13.3. The Morgan fingerprint density at radius 3 is 2.13 bits per heavy atom. The van der Waals surface area contributed by atoms with Crippen molar-refractivity contribution < 1.29 is 29.3 Å². The van der Waals surface area contributed by atoms with E-state index in [0.717, 1.165) is 28.0 Å². The maximum Gasteiger partial charge on any atom is 0.309 e. The molecule has 1 heterocycles. The first kappa shape index (κ1) is 27.5. The fraction of sp³-hybridized carbons (Fsp3) is 0.200. The highest BCUT2D eigenvalue weighted by Gasteiger charge is 2.29. The molecule has 0 fully saturated rings. The quantitative estimate of drug-likeness (QED) is 0.206. The minimum absolute atomic E-state index is 0.0434. The number of nitrogens with zero attached hydrogens (tertiary/aromatic N) is 1. The van der Waals surface area contributed by atoms with Gasteiger partial charge in [-0.2, -0.15) is 0 Å². The topological polar surface area (TPSA) is 126 Å². The number of carbonyl (C=O) groups is 3. The summed E-state index contributed by atoms with van der Waals surface area (Å²) >= 11 is 1.13. The number of thiazole rings is 1. The zero-order valence-electron chi connectivity index (χ0n) is 21.0. The summed E-state index contributed by atoms with van der Waals surface area (Å²) in [6, 6.07) is 26.7. The molecular formula is C30H28N2O6S. The Balaban J connectivity index is 1.51. The zero-order valence-corrected chi connectivity index (χ0v) is 21.8. The molecule has 1 amide bonds. The first-order chi connectivity index (χ1) is 18.9. The van der Waals surface area contributed by atoms with Gasteiger partial charge in [0, 0.05) is 11.3 Å². The fourth-order valence-corrected chi connectivity index (χ4v) is 4.85. The Morgan fingerprint density at radius 1 is 0.846 bits per heavy atom. The van der Waals surface area contributed by atoms with Crippen molar-refractivity contribution >= 4 is 34.3 Å². The SMILES string of the molecule is O=C(O)Cc1csc(NC(=O)[C@H](Cc2ccc(-c3ccccc3)cc2)CC(COc2ccccc2)C(=O)O)n1. The van der Waals surface area contributed by atoms with E-state index in [-0.39, 0.29) is 30.5 Å². The number of hydrogen-bond acceptors (Lipinski definition) is 6. The van der Waals surface area contributed by atoms with Crippen molar-refractivity contribution in [1.29, 1.82) is 0 Å². The number of anilines is 1. The number of aliphatic carboxylic acids is 2. The first-order valence-corrected chi connectivity index (χ1v) is 13.3. The van der Waals surface area contributed by atoms with Gasteiger partial charge in [0.05, 0.1) is 18.0 Å². The van der Waals surface area contributed by atoms with Crippen LogP contribution in [-0.2, 0) is 27.2 Å². The van der Waals surface area contributed by atoms with Crippen LogP contribution in [0.2, 0.25) is 0 Å². The van der Waals surface area contributed by atoms with Crippen LogP contribution in [0.25, 0.3) is 11.1 Å². The lowest BCUT2D eigenvalue weighted by molar-refractivity contribution is -0.143. The minimum Gasteiger partial charge on any atom is -0.493 e. The van der Waals surface area contributed by atoms with Crippen molar-refractivity contribution in [3.05, 3.63) is 102 Å². The van der Waals surface area contributed by atoms with Crippen LogP contribution in [0.1, 0.15) is 17.7 Å². The Hall–Kier alpha value is -4.50. The highest BCUT2D eigenvalue weighted by Crippen LogP contribution is 2.25. The number of amides is 1. The standard InChI is InChI=1S/C30H28N2O6S/c33-27(34)17-25-19-39-30(31-25)32-28(35)23(16-24(29(36)37)18-38-26-9-5-2-6-10-26)15-20-11-13-22(14-12-20)21-7-3-1-4-8-21/h1-14,19,23-24H,15-18H2,(H,33,34)(H,36,37)(H,31,32,35)/t23-,24?/m1/s1. The van der Waals surface area contributed by atoms with E-state index >= 15 is 0 Å². The molecule has 8 nitrogen and oxygen atoms in total. The van der Waals surface area contributed by atoms with Gasteiger partial charge in [0.1, 0.15) is 12.4 Å². The van der Waals surface area contributed by atoms with E-state index in [2.05, 4.69) is 10.3 Å². The van der Waals surface area contributed by atoms with Crippen LogP contribution in [0.15, 0.2) is 90.3 Å². The number of para-hydroxylation sites is 1. The number of aromatic nitrogens is 1. The van der Waals surface area contributed by atoms with Crippen LogP contribution >= 0.6 is 11.3 Å².